The summed E-state index contributed by atoms with van der Waals surface area (Å²) in [6.07, 6.45) is 8.20. The first kappa shape index (κ1) is 21.3. The summed E-state index contributed by atoms with van der Waals surface area (Å²) in [5.74, 6) is 1.95. The fraction of sp³-hybridized carbons (Fsp3) is 0.640. The van der Waals surface area contributed by atoms with E-state index in [4.69, 9.17) is 9.47 Å². The van der Waals surface area contributed by atoms with Crippen molar-refractivity contribution in [1.29, 1.82) is 0 Å². The van der Waals surface area contributed by atoms with Crippen LogP contribution in [0, 0.1) is 23.2 Å². The Morgan fingerprint density at radius 2 is 1.78 bits per heavy atom. The molecule has 7 nitrogen and oxygen atoms in total. The number of rotatable bonds is 6. The zero-order valence-corrected chi connectivity index (χ0v) is 18.7. The molecule has 1 heterocycles. The van der Waals surface area contributed by atoms with Crippen molar-refractivity contribution < 1.29 is 23.9 Å². The number of benzene rings is 1. The molecular formula is C25H32N2O5. The second-order valence-corrected chi connectivity index (χ2v) is 10.2. The van der Waals surface area contributed by atoms with Gasteiger partial charge in [-0.3, -0.25) is 9.59 Å². The van der Waals surface area contributed by atoms with Gasteiger partial charge in [0, 0.05) is 18.3 Å². The molecule has 0 aromatic heterocycles. The highest BCUT2D eigenvalue weighted by Crippen LogP contribution is 2.60. The second-order valence-electron chi connectivity index (χ2n) is 10.2. The van der Waals surface area contributed by atoms with Gasteiger partial charge in [0.25, 0.3) is 5.91 Å². The van der Waals surface area contributed by atoms with Crippen LogP contribution in [0.1, 0.15) is 51.4 Å². The second kappa shape index (κ2) is 8.41. The highest BCUT2D eigenvalue weighted by atomic mass is 16.5. The third-order valence-electron chi connectivity index (χ3n) is 7.98. The minimum Gasteiger partial charge on any atom is -0.497 e. The smallest absolute Gasteiger partial charge is 0.329 e. The fourth-order valence-electron chi connectivity index (χ4n) is 7.06. The van der Waals surface area contributed by atoms with Crippen molar-refractivity contribution in [2.75, 3.05) is 25.6 Å². The highest BCUT2D eigenvalue weighted by Gasteiger charge is 2.57. The lowest BCUT2D eigenvalue weighted by molar-refractivity contribution is -0.165. The van der Waals surface area contributed by atoms with Gasteiger partial charge < -0.3 is 19.7 Å². The van der Waals surface area contributed by atoms with E-state index in [1.54, 1.807) is 36.3 Å². The van der Waals surface area contributed by atoms with E-state index in [0.29, 0.717) is 42.2 Å². The zero-order chi connectivity index (χ0) is 22.3. The van der Waals surface area contributed by atoms with Gasteiger partial charge in [0.2, 0.25) is 5.91 Å². The van der Waals surface area contributed by atoms with Crippen LogP contribution in [0.15, 0.2) is 24.3 Å². The summed E-state index contributed by atoms with van der Waals surface area (Å²) in [6, 6.07) is 6.42. The molecule has 0 spiro atoms. The molecule has 1 aromatic carbocycles. The zero-order valence-electron chi connectivity index (χ0n) is 18.7. The van der Waals surface area contributed by atoms with Gasteiger partial charge in [-0.2, -0.15) is 0 Å². The third kappa shape index (κ3) is 3.97. The van der Waals surface area contributed by atoms with Crippen LogP contribution in [0.2, 0.25) is 0 Å². The number of likely N-dealkylation sites (tertiary alicyclic amines) is 1. The van der Waals surface area contributed by atoms with E-state index in [-0.39, 0.29) is 17.9 Å². The van der Waals surface area contributed by atoms with Gasteiger partial charge in [0.05, 0.1) is 12.5 Å². The number of methoxy groups -OCH3 is 1. The molecule has 1 saturated heterocycles. The molecule has 1 unspecified atom stereocenters. The summed E-state index contributed by atoms with van der Waals surface area (Å²) < 4.78 is 10.5. The number of carbonyl (C=O) groups excluding carboxylic acids is 3. The van der Waals surface area contributed by atoms with Crippen molar-refractivity contribution >= 4 is 23.5 Å². The highest BCUT2D eigenvalue weighted by molar-refractivity contribution is 5.94. The van der Waals surface area contributed by atoms with E-state index in [1.165, 1.54) is 19.3 Å². The van der Waals surface area contributed by atoms with Crippen molar-refractivity contribution in [3.05, 3.63) is 24.3 Å². The molecule has 5 aliphatic rings. The normalized spacial score (nSPS) is 32.6. The lowest BCUT2D eigenvalue weighted by Crippen LogP contribution is -2.56. The average Bonchev–Trinajstić information content (AvgIpc) is 3.26. The maximum absolute atomic E-state index is 13.7. The number of nitrogens with one attached hydrogen (secondary N) is 1. The molecule has 2 amide bonds. The van der Waals surface area contributed by atoms with Crippen molar-refractivity contribution in [2.45, 2.75) is 57.4 Å². The molecule has 1 aromatic rings. The molecule has 1 aliphatic heterocycles. The van der Waals surface area contributed by atoms with Crippen LogP contribution >= 0.6 is 0 Å². The number of hydrogen-bond donors (Lipinski definition) is 1. The molecule has 7 heteroatoms. The molecule has 0 radical (unpaired) electrons. The van der Waals surface area contributed by atoms with E-state index in [9.17, 15) is 14.4 Å². The molecule has 4 aliphatic carbocycles. The topological polar surface area (TPSA) is 84.9 Å². The Labute approximate surface area is 188 Å². The number of esters is 1. The van der Waals surface area contributed by atoms with E-state index in [2.05, 4.69) is 5.32 Å². The van der Waals surface area contributed by atoms with E-state index in [1.807, 2.05) is 0 Å². The van der Waals surface area contributed by atoms with Gasteiger partial charge in [0.1, 0.15) is 11.8 Å². The number of carbonyl (C=O) groups is 3. The summed E-state index contributed by atoms with van der Waals surface area (Å²) in [6.45, 7) is 0.238. The summed E-state index contributed by atoms with van der Waals surface area (Å²) >= 11 is 0. The van der Waals surface area contributed by atoms with Gasteiger partial charge in [0.15, 0.2) is 6.61 Å². The van der Waals surface area contributed by atoms with Gasteiger partial charge in [-0.15, -0.1) is 0 Å². The van der Waals surface area contributed by atoms with Crippen LogP contribution in [0.3, 0.4) is 0 Å². The van der Waals surface area contributed by atoms with Crippen LogP contribution in [-0.4, -0.2) is 49.0 Å². The van der Waals surface area contributed by atoms with Gasteiger partial charge in [-0.25, -0.2) is 4.79 Å². The quantitative estimate of drug-likeness (QED) is 0.686. The number of ether oxygens (including phenoxy) is 2. The van der Waals surface area contributed by atoms with Crippen LogP contribution in [0.4, 0.5) is 5.69 Å². The molecule has 6 rings (SSSR count). The summed E-state index contributed by atoms with van der Waals surface area (Å²) in [5.41, 5.74) is 0.311. The Bertz CT molecular complexity index is 878. The maximum Gasteiger partial charge on any atom is 0.329 e. The van der Waals surface area contributed by atoms with Crippen molar-refractivity contribution in [3.8, 4) is 5.75 Å². The Hall–Kier alpha value is -2.57. The van der Waals surface area contributed by atoms with Crippen LogP contribution in [0.25, 0.3) is 0 Å². The molecule has 5 fully saturated rings. The van der Waals surface area contributed by atoms with Crippen LogP contribution < -0.4 is 10.1 Å². The molecule has 172 valence electrons. The number of amides is 2. The molecule has 4 bridgehead atoms. The van der Waals surface area contributed by atoms with Gasteiger partial charge >= 0.3 is 5.97 Å². The van der Waals surface area contributed by atoms with Crippen molar-refractivity contribution in [1.82, 2.24) is 4.90 Å². The summed E-state index contributed by atoms with van der Waals surface area (Å²) in [7, 11) is 1.56. The molecule has 4 saturated carbocycles. The lowest BCUT2D eigenvalue weighted by atomic mass is 9.49. The van der Waals surface area contributed by atoms with Crippen LogP contribution in [-0.2, 0) is 19.1 Å². The number of nitrogens with zero attached hydrogens (tertiary/aromatic N) is 1. The minimum absolute atomic E-state index is 0.164. The number of anilines is 1. The Morgan fingerprint density at radius 3 is 2.44 bits per heavy atom. The predicted octanol–water partition coefficient (Wildman–Crippen LogP) is 3.38. The van der Waals surface area contributed by atoms with E-state index < -0.39 is 17.9 Å². The monoisotopic (exact) mass is 440 g/mol. The summed E-state index contributed by atoms with van der Waals surface area (Å²) in [5, 5.41) is 2.71. The van der Waals surface area contributed by atoms with E-state index >= 15 is 0 Å². The third-order valence-corrected chi connectivity index (χ3v) is 7.98. The van der Waals surface area contributed by atoms with Gasteiger partial charge in [-0.05, 0) is 81.3 Å². The van der Waals surface area contributed by atoms with Crippen LogP contribution in [0.5, 0.6) is 5.75 Å². The minimum atomic E-state index is -0.569. The summed E-state index contributed by atoms with van der Waals surface area (Å²) in [4.78, 5) is 40.5. The van der Waals surface area contributed by atoms with Crippen molar-refractivity contribution in [2.24, 2.45) is 23.2 Å². The standard InChI is InChI=1S/C25H32N2O5/c1-31-20-5-2-4-19(11-20)26-22(28)15-32-23(29)21-6-3-7-27(21)24(30)25-12-16-8-17(13-25)10-18(9-16)14-25/h2,4-5,11,16-18,21H,3,6-10,12-15H2,1H3,(H,26,28). The van der Waals surface area contributed by atoms with E-state index in [0.717, 1.165) is 25.7 Å². The Kier molecular flexibility index (Phi) is 5.59. The predicted molar refractivity (Wildman–Crippen MR) is 118 cm³/mol. The maximum atomic E-state index is 13.7. The average molecular weight is 441 g/mol. The first-order valence-corrected chi connectivity index (χ1v) is 11.9. The lowest BCUT2D eigenvalue weighted by Gasteiger charge is -2.56. The number of hydrogen-bond acceptors (Lipinski definition) is 5. The van der Waals surface area contributed by atoms with Crippen molar-refractivity contribution in [3.63, 3.8) is 0 Å². The SMILES string of the molecule is COc1cccc(NC(=O)COC(=O)C2CCCN2C(=O)C23CC4CC(CC(C4)C2)C3)c1. The molecular weight excluding hydrogens is 408 g/mol. The molecule has 1 N–H and O–H groups in total. The fourth-order valence-corrected chi connectivity index (χ4v) is 7.06. The first-order chi connectivity index (χ1) is 15.5. The Balaban J connectivity index is 1.18. The molecule has 1 atom stereocenters. The first-order valence-electron chi connectivity index (χ1n) is 11.9. The Morgan fingerprint density at radius 1 is 1.09 bits per heavy atom. The molecule has 32 heavy (non-hydrogen) atoms. The van der Waals surface area contributed by atoms with Gasteiger partial charge in [-0.1, -0.05) is 6.07 Å². The largest absolute Gasteiger partial charge is 0.497 e.